The van der Waals surface area contributed by atoms with E-state index in [1.54, 1.807) is 0 Å². The summed E-state index contributed by atoms with van der Waals surface area (Å²) < 4.78 is 10.7. The number of nitrogens with zero attached hydrogens (tertiary/aromatic N) is 1. The van der Waals surface area contributed by atoms with Gasteiger partial charge in [-0.05, 0) is 43.0 Å². The number of piperidine rings is 1. The Morgan fingerprint density at radius 1 is 1.28 bits per heavy atom. The third-order valence-corrected chi connectivity index (χ3v) is 3.70. The minimum Gasteiger partial charge on any atom is -0.454 e. The average Bonchev–Trinajstić information content (AvgIpc) is 2.86. The van der Waals surface area contributed by atoms with Crippen molar-refractivity contribution in [1.82, 2.24) is 4.90 Å². The van der Waals surface area contributed by atoms with Crippen molar-refractivity contribution in [1.29, 1.82) is 0 Å². The van der Waals surface area contributed by atoms with Gasteiger partial charge in [0.25, 0.3) is 0 Å². The topological polar surface area (TPSA) is 41.9 Å². The lowest BCUT2D eigenvalue weighted by atomic mass is 9.98. The van der Waals surface area contributed by atoms with Crippen LogP contribution >= 0.6 is 0 Å². The molecule has 1 saturated heterocycles. The van der Waals surface area contributed by atoms with E-state index in [2.05, 4.69) is 17.0 Å². The number of fused-ring (bicyclic) bond motifs is 1. The van der Waals surface area contributed by atoms with Crippen molar-refractivity contribution in [3.05, 3.63) is 23.8 Å². The standard InChI is InChI=1S/C14H19NO3/c16-9-12-2-1-5-15(8-12)7-11-3-4-13-14(6-11)18-10-17-13/h3-4,6,12,16H,1-2,5,7-10H2. The Kier molecular flexibility index (Phi) is 3.39. The molecule has 3 rings (SSSR count). The molecule has 0 bridgehead atoms. The highest BCUT2D eigenvalue weighted by Crippen LogP contribution is 2.33. The van der Waals surface area contributed by atoms with Crippen LogP contribution in [0.3, 0.4) is 0 Å². The fourth-order valence-electron chi connectivity index (χ4n) is 2.74. The summed E-state index contributed by atoms with van der Waals surface area (Å²) in [7, 11) is 0. The minimum atomic E-state index is 0.303. The smallest absolute Gasteiger partial charge is 0.231 e. The number of hydrogen-bond donors (Lipinski definition) is 1. The summed E-state index contributed by atoms with van der Waals surface area (Å²) in [5.74, 6) is 2.13. The van der Waals surface area contributed by atoms with Crippen LogP contribution in [0.2, 0.25) is 0 Å². The van der Waals surface area contributed by atoms with Gasteiger partial charge in [0.05, 0.1) is 0 Å². The summed E-state index contributed by atoms with van der Waals surface area (Å²) >= 11 is 0. The Morgan fingerprint density at radius 3 is 3.06 bits per heavy atom. The van der Waals surface area contributed by atoms with Crippen LogP contribution < -0.4 is 9.47 Å². The maximum atomic E-state index is 9.24. The molecular formula is C14H19NO3. The molecule has 0 amide bonds. The molecule has 0 aromatic heterocycles. The van der Waals surface area contributed by atoms with Gasteiger partial charge in [0.1, 0.15) is 0 Å². The second kappa shape index (κ2) is 5.16. The van der Waals surface area contributed by atoms with Crippen molar-refractivity contribution < 1.29 is 14.6 Å². The van der Waals surface area contributed by atoms with Crippen LogP contribution in [-0.2, 0) is 6.54 Å². The second-order valence-corrected chi connectivity index (χ2v) is 5.11. The maximum absolute atomic E-state index is 9.24. The largest absolute Gasteiger partial charge is 0.454 e. The van der Waals surface area contributed by atoms with Gasteiger partial charge in [-0.25, -0.2) is 0 Å². The van der Waals surface area contributed by atoms with Crippen LogP contribution in [0, 0.1) is 5.92 Å². The Hall–Kier alpha value is -1.26. The monoisotopic (exact) mass is 249 g/mol. The Bertz CT molecular complexity index is 422. The molecule has 2 heterocycles. The first-order valence-electron chi connectivity index (χ1n) is 6.57. The number of aliphatic hydroxyl groups is 1. The summed E-state index contributed by atoms with van der Waals surface area (Å²) in [6.07, 6.45) is 2.32. The molecule has 0 aliphatic carbocycles. The molecule has 4 nitrogen and oxygen atoms in total. The summed E-state index contributed by atoms with van der Waals surface area (Å²) in [5, 5.41) is 9.24. The van der Waals surface area contributed by atoms with E-state index in [0.29, 0.717) is 19.3 Å². The summed E-state index contributed by atoms with van der Waals surface area (Å²) in [5.41, 5.74) is 1.25. The molecule has 98 valence electrons. The van der Waals surface area contributed by atoms with E-state index in [1.807, 2.05) is 6.07 Å². The minimum absolute atomic E-state index is 0.303. The van der Waals surface area contributed by atoms with Crippen LogP contribution in [-0.4, -0.2) is 36.5 Å². The molecular weight excluding hydrogens is 230 g/mol. The predicted octanol–water partition coefficient (Wildman–Crippen LogP) is 1.62. The van der Waals surface area contributed by atoms with E-state index in [9.17, 15) is 5.11 Å². The Balaban J connectivity index is 1.65. The van der Waals surface area contributed by atoms with Gasteiger partial charge in [0.2, 0.25) is 6.79 Å². The molecule has 2 aliphatic rings. The van der Waals surface area contributed by atoms with Gasteiger partial charge in [0.15, 0.2) is 11.5 Å². The number of hydrogen-bond acceptors (Lipinski definition) is 4. The molecule has 0 saturated carbocycles. The van der Waals surface area contributed by atoms with Crippen molar-refractivity contribution in [2.45, 2.75) is 19.4 Å². The third kappa shape index (κ3) is 2.44. The number of aliphatic hydroxyl groups excluding tert-OH is 1. The quantitative estimate of drug-likeness (QED) is 0.884. The zero-order chi connectivity index (χ0) is 12.4. The van der Waals surface area contributed by atoms with Crippen LogP contribution in [0.1, 0.15) is 18.4 Å². The van der Waals surface area contributed by atoms with E-state index in [4.69, 9.17) is 9.47 Å². The summed E-state index contributed by atoms with van der Waals surface area (Å²) in [4.78, 5) is 2.40. The van der Waals surface area contributed by atoms with Gasteiger partial charge < -0.3 is 14.6 Å². The van der Waals surface area contributed by atoms with Crippen molar-refractivity contribution in [2.24, 2.45) is 5.92 Å². The summed E-state index contributed by atoms with van der Waals surface area (Å²) in [6, 6.07) is 6.13. The number of ether oxygens (including phenoxy) is 2. The molecule has 1 atom stereocenters. The van der Waals surface area contributed by atoms with Crippen LogP contribution in [0.4, 0.5) is 0 Å². The zero-order valence-corrected chi connectivity index (χ0v) is 10.5. The van der Waals surface area contributed by atoms with Crippen LogP contribution in [0.5, 0.6) is 11.5 Å². The highest BCUT2D eigenvalue weighted by atomic mass is 16.7. The van der Waals surface area contributed by atoms with Gasteiger partial charge in [-0.3, -0.25) is 4.90 Å². The van der Waals surface area contributed by atoms with Gasteiger partial charge in [-0.2, -0.15) is 0 Å². The SMILES string of the molecule is OCC1CCCN(Cc2ccc3c(c2)OCO3)C1. The van der Waals surface area contributed by atoms with E-state index < -0.39 is 0 Å². The fraction of sp³-hybridized carbons (Fsp3) is 0.571. The molecule has 4 heteroatoms. The van der Waals surface area contributed by atoms with Gasteiger partial charge >= 0.3 is 0 Å². The highest BCUT2D eigenvalue weighted by molar-refractivity contribution is 5.44. The molecule has 2 aliphatic heterocycles. The first-order valence-corrected chi connectivity index (χ1v) is 6.57. The number of benzene rings is 1. The first kappa shape index (κ1) is 11.8. The van der Waals surface area contributed by atoms with Gasteiger partial charge in [-0.15, -0.1) is 0 Å². The normalized spacial score (nSPS) is 23.3. The van der Waals surface area contributed by atoms with Crippen molar-refractivity contribution >= 4 is 0 Å². The molecule has 1 N–H and O–H groups in total. The van der Waals surface area contributed by atoms with Crippen LogP contribution in [0.25, 0.3) is 0 Å². The maximum Gasteiger partial charge on any atom is 0.231 e. The first-order chi connectivity index (χ1) is 8.85. The summed E-state index contributed by atoms with van der Waals surface area (Å²) in [6.45, 7) is 3.66. The third-order valence-electron chi connectivity index (χ3n) is 3.70. The highest BCUT2D eigenvalue weighted by Gasteiger charge is 2.20. The molecule has 1 unspecified atom stereocenters. The van der Waals surface area contributed by atoms with Gasteiger partial charge in [0, 0.05) is 19.7 Å². The predicted molar refractivity (Wildman–Crippen MR) is 67.7 cm³/mol. The van der Waals surface area contributed by atoms with E-state index in [1.165, 1.54) is 12.0 Å². The Labute approximate surface area is 107 Å². The van der Waals surface area contributed by atoms with E-state index in [0.717, 1.165) is 37.6 Å². The van der Waals surface area contributed by atoms with Crippen molar-refractivity contribution in [3.8, 4) is 11.5 Å². The van der Waals surface area contributed by atoms with Crippen molar-refractivity contribution in [3.63, 3.8) is 0 Å². The number of likely N-dealkylation sites (tertiary alicyclic amines) is 1. The van der Waals surface area contributed by atoms with Crippen LogP contribution in [0.15, 0.2) is 18.2 Å². The molecule has 0 radical (unpaired) electrons. The number of rotatable bonds is 3. The Morgan fingerprint density at radius 2 is 2.17 bits per heavy atom. The molecule has 1 aromatic carbocycles. The van der Waals surface area contributed by atoms with E-state index >= 15 is 0 Å². The van der Waals surface area contributed by atoms with E-state index in [-0.39, 0.29) is 0 Å². The molecule has 1 aromatic rings. The molecule has 18 heavy (non-hydrogen) atoms. The fourth-order valence-corrected chi connectivity index (χ4v) is 2.74. The van der Waals surface area contributed by atoms with Gasteiger partial charge in [-0.1, -0.05) is 6.07 Å². The lowest BCUT2D eigenvalue weighted by Gasteiger charge is -2.31. The molecule has 0 spiro atoms. The lowest BCUT2D eigenvalue weighted by Crippen LogP contribution is -2.36. The molecule has 1 fully saturated rings. The van der Waals surface area contributed by atoms with Crippen molar-refractivity contribution in [2.75, 3.05) is 26.5 Å². The second-order valence-electron chi connectivity index (χ2n) is 5.11. The average molecular weight is 249 g/mol. The zero-order valence-electron chi connectivity index (χ0n) is 10.5. The lowest BCUT2D eigenvalue weighted by molar-refractivity contribution is 0.116.